The minimum Gasteiger partial charge on any atom is -0.354 e. The number of amides is 2. The largest absolute Gasteiger partial charge is 0.354 e. The lowest BCUT2D eigenvalue weighted by Crippen LogP contribution is -2.52. The van der Waals surface area contributed by atoms with Crippen LogP contribution in [0.2, 0.25) is 10.0 Å². The summed E-state index contributed by atoms with van der Waals surface area (Å²) in [6, 6.07) is 19.0. The third kappa shape index (κ3) is 7.53. The van der Waals surface area contributed by atoms with E-state index in [2.05, 4.69) is 5.32 Å². The van der Waals surface area contributed by atoms with Crippen molar-refractivity contribution in [3.8, 4) is 0 Å². The van der Waals surface area contributed by atoms with Gasteiger partial charge in [0.05, 0.1) is 20.6 Å². The quantitative estimate of drug-likeness (QED) is 0.288. The zero-order valence-electron chi connectivity index (χ0n) is 22.2. The van der Waals surface area contributed by atoms with Crippen molar-refractivity contribution in [3.63, 3.8) is 0 Å². The molecular weight excluding hydrogens is 557 g/mol. The number of nitrogens with zero attached hydrogens (tertiary/aromatic N) is 2. The Bertz CT molecular complexity index is 1400. The fourth-order valence-electron chi connectivity index (χ4n) is 4.15. The Hall–Kier alpha value is -3.07. The number of benzene rings is 3. The van der Waals surface area contributed by atoms with E-state index in [0.717, 1.165) is 21.9 Å². The number of carbonyl (C=O) groups is 2. The molecule has 1 N–H and O–H groups in total. The number of carbonyl (C=O) groups excluding carboxylic acids is 2. The summed E-state index contributed by atoms with van der Waals surface area (Å²) >= 11 is 12.3. The molecule has 2 amide bonds. The van der Waals surface area contributed by atoms with Crippen LogP contribution in [-0.2, 0) is 26.2 Å². The molecule has 0 spiro atoms. The van der Waals surface area contributed by atoms with E-state index < -0.39 is 28.5 Å². The van der Waals surface area contributed by atoms with Crippen LogP contribution in [0.3, 0.4) is 0 Å². The predicted octanol–water partition coefficient (Wildman–Crippen LogP) is 5.83. The fraction of sp³-hybridized carbons (Fsp3) is 0.310. The number of sulfonamides is 1. The summed E-state index contributed by atoms with van der Waals surface area (Å²) in [6.45, 7) is 5.77. The zero-order chi connectivity index (χ0) is 28.6. The van der Waals surface area contributed by atoms with Crippen LogP contribution in [0.4, 0.5) is 5.69 Å². The third-order valence-electron chi connectivity index (χ3n) is 6.34. The molecule has 0 fully saturated rings. The van der Waals surface area contributed by atoms with Crippen LogP contribution in [0.25, 0.3) is 0 Å². The number of aryl methyl sites for hydroxylation is 1. The summed E-state index contributed by atoms with van der Waals surface area (Å²) in [7, 11) is -4.18. The first kappa shape index (κ1) is 30.5. The summed E-state index contributed by atoms with van der Waals surface area (Å²) in [6.07, 6.45) is 1.10. The number of nitrogens with one attached hydrogen (secondary N) is 1. The molecule has 0 saturated carbocycles. The van der Waals surface area contributed by atoms with Crippen LogP contribution in [-0.4, -0.2) is 44.3 Å². The average molecular weight is 591 g/mol. The molecule has 0 unspecified atom stereocenters. The number of anilines is 1. The summed E-state index contributed by atoms with van der Waals surface area (Å²) in [4.78, 5) is 28.6. The lowest BCUT2D eigenvalue weighted by Gasteiger charge is -2.33. The molecular formula is C29H33Cl2N3O4S. The van der Waals surface area contributed by atoms with Gasteiger partial charge in [0.25, 0.3) is 10.0 Å². The Morgan fingerprint density at radius 1 is 0.923 bits per heavy atom. The number of halogens is 2. The van der Waals surface area contributed by atoms with Gasteiger partial charge in [0.2, 0.25) is 11.8 Å². The van der Waals surface area contributed by atoms with E-state index in [9.17, 15) is 18.0 Å². The molecule has 0 aliphatic rings. The first-order chi connectivity index (χ1) is 18.6. The summed E-state index contributed by atoms with van der Waals surface area (Å²) in [5, 5.41) is 3.28. The molecule has 3 aromatic carbocycles. The SMILES string of the molecule is CCCNC(=O)[C@H](CC)N(Cc1ccccc1C)C(=O)CN(c1ccc(Cl)c(Cl)c1)S(=O)(=O)c1ccccc1. The Kier molecular flexibility index (Phi) is 10.8. The van der Waals surface area contributed by atoms with Crippen molar-refractivity contribution in [3.05, 3.63) is 94.0 Å². The second kappa shape index (κ2) is 13.8. The van der Waals surface area contributed by atoms with E-state index in [1.807, 2.05) is 45.0 Å². The number of hydrogen-bond acceptors (Lipinski definition) is 4. The summed E-state index contributed by atoms with van der Waals surface area (Å²) in [5.74, 6) is -0.810. The average Bonchev–Trinajstić information content (AvgIpc) is 2.93. The van der Waals surface area contributed by atoms with Crippen molar-refractivity contribution in [1.29, 1.82) is 0 Å². The Morgan fingerprint density at radius 2 is 1.59 bits per heavy atom. The van der Waals surface area contributed by atoms with E-state index >= 15 is 0 Å². The normalized spacial score (nSPS) is 12.0. The maximum absolute atomic E-state index is 14.0. The van der Waals surface area contributed by atoms with Gasteiger partial charge >= 0.3 is 0 Å². The van der Waals surface area contributed by atoms with Crippen LogP contribution >= 0.6 is 23.2 Å². The molecule has 0 heterocycles. The van der Waals surface area contributed by atoms with Crippen molar-refractivity contribution >= 4 is 50.7 Å². The van der Waals surface area contributed by atoms with Crippen molar-refractivity contribution in [2.75, 3.05) is 17.4 Å². The van der Waals surface area contributed by atoms with Crippen LogP contribution in [0.1, 0.15) is 37.8 Å². The molecule has 3 rings (SSSR count). The van der Waals surface area contributed by atoms with Gasteiger partial charge in [-0.2, -0.15) is 0 Å². The second-order valence-corrected chi connectivity index (χ2v) is 11.8. The van der Waals surface area contributed by atoms with Gasteiger partial charge in [0, 0.05) is 13.1 Å². The van der Waals surface area contributed by atoms with Crippen LogP contribution in [0.5, 0.6) is 0 Å². The highest BCUT2D eigenvalue weighted by molar-refractivity contribution is 7.92. The van der Waals surface area contributed by atoms with E-state index in [4.69, 9.17) is 23.2 Å². The van der Waals surface area contributed by atoms with Gasteiger partial charge in [-0.25, -0.2) is 8.42 Å². The zero-order valence-corrected chi connectivity index (χ0v) is 24.6. The molecule has 0 aliphatic heterocycles. The molecule has 0 radical (unpaired) electrons. The molecule has 208 valence electrons. The minimum atomic E-state index is -4.18. The third-order valence-corrected chi connectivity index (χ3v) is 8.87. The first-order valence-corrected chi connectivity index (χ1v) is 14.9. The van der Waals surface area contributed by atoms with E-state index in [-0.39, 0.29) is 33.1 Å². The molecule has 39 heavy (non-hydrogen) atoms. The molecule has 0 bridgehead atoms. The Labute approximate surface area is 240 Å². The highest BCUT2D eigenvalue weighted by Gasteiger charge is 2.34. The fourth-order valence-corrected chi connectivity index (χ4v) is 5.86. The molecule has 0 aliphatic carbocycles. The molecule has 7 nitrogen and oxygen atoms in total. The van der Waals surface area contributed by atoms with Crippen LogP contribution in [0.15, 0.2) is 77.7 Å². The standard InChI is InChI=1S/C29H33Cl2N3O4S/c1-4-17-32-29(36)27(5-2)33(19-22-12-10-9-11-21(22)3)28(35)20-34(23-15-16-25(30)26(31)18-23)39(37,38)24-13-7-6-8-14-24/h6-16,18,27H,4-5,17,19-20H2,1-3H3,(H,32,36)/t27-/m0/s1. The molecule has 0 aromatic heterocycles. The van der Waals surface area contributed by atoms with E-state index in [0.29, 0.717) is 13.0 Å². The molecule has 10 heteroatoms. The van der Waals surface area contributed by atoms with Crippen LogP contribution in [0, 0.1) is 6.92 Å². The first-order valence-electron chi connectivity index (χ1n) is 12.7. The number of rotatable bonds is 12. The van der Waals surface area contributed by atoms with Crippen molar-refractivity contribution < 1.29 is 18.0 Å². The van der Waals surface area contributed by atoms with Crippen LogP contribution < -0.4 is 9.62 Å². The Balaban J connectivity index is 2.07. The topological polar surface area (TPSA) is 86.8 Å². The summed E-state index contributed by atoms with van der Waals surface area (Å²) < 4.78 is 28.6. The lowest BCUT2D eigenvalue weighted by molar-refractivity contribution is -0.140. The van der Waals surface area contributed by atoms with Crippen molar-refractivity contribution in [1.82, 2.24) is 10.2 Å². The van der Waals surface area contributed by atoms with Crippen molar-refractivity contribution in [2.45, 2.75) is 51.1 Å². The maximum atomic E-state index is 14.0. The minimum absolute atomic E-state index is 0.0158. The maximum Gasteiger partial charge on any atom is 0.264 e. The van der Waals surface area contributed by atoms with Gasteiger partial charge in [-0.3, -0.25) is 13.9 Å². The van der Waals surface area contributed by atoms with E-state index in [1.54, 1.807) is 18.2 Å². The molecule has 3 aromatic rings. The highest BCUT2D eigenvalue weighted by Crippen LogP contribution is 2.31. The predicted molar refractivity (Wildman–Crippen MR) is 157 cm³/mol. The monoisotopic (exact) mass is 589 g/mol. The highest BCUT2D eigenvalue weighted by atomic mass is 35.5. The number of hydrogen-bond donors (Lipinski definition) is 1. The van der Waals surface area contributed by atoms with Gasteiger partial charge in [-0.15, -0.1) is 0 Å². The van der Waals surface area contributed by atoms with Gasteiger partial charge in [-0.1, -0.05) is 79.5 Å². The lowest BCUT2D eigenvalue weighted by atomic mass is 10.1. The molecule has 1 atom stereocenters. The second-order valence-electron chi connectivity index (χ2n) is 9.09. The van der Waals surface area contributed by atoms with Crippen molar-refractivity contribution in [2.24, 2.45) is 0 Å². The summed E-state index contributed by atoms with van der Waals surface area (Å²) in [5.41, 5.74) is 2.00. The van der Waals surface area contributed by atoms with Gasteiger partial charge < -0.3 is 10.2 Å². The van der Waals surface area contributed by atoms with Gasteiger partial charge in [0.1, 0.15) is 12.6 Å². The van der Waals surface area contributed by atoms with Gasteiger partial charge in [0.15, 0.2) is 0 Å². The van der Waals surface area contributed by atoms with Gasteiger partial charge in [-0.05, 0) is 61.2 Å². The van der Waals surface area contributed by atoms with E-state index in [1.165, 1.54) is 35.2 Å². The Morgan fingerprint density at radius 3 is 2.21 bits per heavy atom. The molecule has 0 saturated heterocycles. The smallest absolute Gasteiger partial charge is 0.264 e.